The first-order chi connectivity index (χ1) is 9.36. The summed E-state index contributed by atoms with van der Waals surface area (Å²) in [6.45, 7) is 5.29. The first kappa shape index (κ1) is 15.4. The van der Waals surface area contributed by atoms with Gasteiger partial charge < -0.3 is 10.6 Å². The van der Waals surface area contributed by atoms with Crippen molar-refractivity contribution >= 4 is 27.5 Å². The van der Waals surface area contributed by atoms with Gasteiger partial charge >= 0.3 is 0 Å². The van der Waals surface area contributed by atoms with Crippen LogP contribution in [0.2, 0.25) is 0 Å². The highest BCUT2D eigenvalue weighted by molar-refractivity contribution is 9.10. The predicted molar refractivity (Wildman–Crippen MR) is 77.4 cm³/mol. The van der Waals surface area contributed by atoms with Crippen molar-refractivity contribution in [3.63, 3.8) is 0 Å². The fourth-order valence-electron chi connectivity index (χ4n) is 2.53. The van der Waals surface area contributed by atoms with Crippen molar-refractivity contribution < 1.29 is 13.6 Å². The lowest BCUT2D eigenvalue weighted by Gasteiger charge is -2.31. The molecule has 1 atom stereocenters. The maximum atomic E-state index is 13.7. The van der Waals surface area contributed by atoms with Crippen molar-refractivity contribution in [1.29, 1.82) is 0 Å². The molecular weight excluding hydrogens is 330 g/mol. The minimum Gasteiger partial charge on any atom is -0.323 e. The normalized spacial score (nSPS) is 22.3. The average Bonchev–Trinajstić information content (AvgIpc) is 2.86. The van der Waals surface area contributed by atoms with E-state index in [9.17, 15) is 13.6 Å². The van der Waals surface area contributed by atoms with Crippen LogP contribution >= 0.6 is 15.9 Å². The molecule has 1 heterocycles. The molecule has 0 radical (unpaired) electrons. The lowest BCUT2D eigenvalue weighted by Crippen LogP contribution is -2.42. The van der Waals surface area contributed by atoms with Gasteiger partial charge in [-0.15, -0.1) is 0 Å². The Morgan fingerprint density at radius 2 is 2.10 bits per heavy atom. The van der Waals surface area contributed by atoms with E-state index in [2.05, 4.69) is 26.6 Å². The van der Waals surface area contributed by atoms with Crippen molar-refractivity contribution in [2.24, 2.45) is 11.3 Å². The molecule has 6 heteroatoms. The summed E-state index contributed by atoms with van der Waals surface area (Å²) in [5.74, 6) is -1.56. The van der Waals surface area contributed by atoms with Crippen LogP contribution in [0, 0.1) is 23.0 Å². The molecule has 3 nitrogen and oxygen atoms in total. The molecule has 1 aliphatic rings. The number of hydrogen-bond donors (Lipinski definition) is 2. The molecule has 1 aromatic rings. The molecule has 1 aromatic carbocycles. The second-order valence-electron chi connectivity index (χ2n) is 5.44. The first-order valence-electron chi connectivity index (χ1n) is 6.53. The van der Waals surface area contributed by atoms with Crippen molar-refractivity contribution in [3.05, 3.63) is 28.2 Å². The number of carbonyl (C=O) groups is 1. The Balaban J connectivity index is 2.25. The quantitative estimate of drug-likeness (QED) is 0.824. The number of anilines is 1. The molecule has 0 aliphatic carbocycles. The highest BCUT2D eigenvalue weighted by Gasteiger charge is 2.44. The molecular formula is C14H17BrF2N2O. The fraction of sp³-hybridized carbons (Fsp3) is 0.500. The van der Waals surface area contributed by atoms with Crippen LogP contribution in [0.15, 0.2) is 16.6 Å². The molecule has 2 N–H and O–H groups in total. The molecule has 1 saturated heterocycles. The van der Waals surface area contributed by atoms with Gasteiger partial charge in [0.05, 0.1) is 15.6 Å². The Bertz CT molecular complexity index is 528. The Morgan fingerprint density at radius 3 is 2.65 bits per heavy atom. The lowest BCUT2D eigenvalue weighted by atomic mass is 9.75. The van der Waals surface area contributed by atoms with Crippen molar-refractivity contribution in [2.45, 2.75) is 20.3 Å². The van der Waals surface area contributed by atoms with Crippen LogP contribution in [-0.4, -0.2) is 19.0 Å². The molecule has 0 bridgehead atoms. The largest absolute Gasteiger partial charge is 0.323 e. The number of carbonyl (C=O) groups excluding carboxylic acids is 1. The standard InChI is InChI=1S/C14H17BrF2N2O/c1-8(2)14(3-4-18-7-14)13(20)19-12-5-9(15)10(16)6-11(12)17/h5-6,8,18H,3-4,7H2,1-2H3,(H,19,20). The van der Waals surface area contributed by atoms with Crippen LogP contribution in [0.25, 0.3) is 0 Å². The number of hydrogen-bond acceptors (Lipinski definition) is 2. The summed E-state index contributed by atoms with van der Waals surface area (Å²) in [5, 5.41) is 5.76. The molecule has 110 valence electrons. The number of nitrogens with one attached hydrogen (secondary N) is 2. The number of amides is 1. The van der Waals surface area contributed by atoms with E-state index in [1.54, 1.807) is 0 Å². The van der Waals surface area contributed by atoms with E-state index in [0.29, 0.717) is 13.0 Å². The zero-order valence-electron chi connectivity index (χ0n) is 11.4. The SMILES string of the molecule is CC(C)C1(C(=O)Nc2cc(Br)c(F)cc2F)CCNC1. The van der Waals surface area contributed by atoms with E-state index in [-0.39, 0.29) is 22.0 Å². The third kappa shape index (κ3) is 2.72. The Kier molecular flexibility index (Phi) is 4.44. The van der Waals surface area contributed by atoms with E-state index in [0.717, 1.165) is 12.6 Å². The molecule has 1 amide bonds. The van der Waals surface area contributed by atoms with Gasteiger partial charge in [-0.05, 0) is 40.9 Å². The van der Waals surface area contributed by atoms with E-state index in [4.69, 9.17) is 0 Å². The Morgan fingerprint density at radius 1 is 1.40 bits per heavy atom. The summed E-state index contributed by atoms with van der Waals surface area (Å²) in [5.41, 5.74) is -0.553. The van der Waals surface area contributed by atoms with Gasteiger partial charge in [0.15, 0.2) is 0 Å². The van der Waals surface area contributed by atoms with E-state index >= 15 is 0 Å². The van der Waals surface area contributed by atoms with Crippen LogP contribution in [0.5, 0.6) is 0 Å². The molecule has 0 aromatic heterocycles. The Labute approximate surface area is 125 Å². The van der Waals surface area contributed by atoms with Crippen molar-refractivity contribution in [1.82, 2.24) is 5.32 Å². The summed E-state index contributed by atoms with van der Waals surface area (Å²) in [6, 6.07) is 2.01. The predicted octanol–water partition coefficient (Wildman–Crippen LogP) is 3.30. The topological polar surface area (TPSA) is 41.1 Å². The molecule has 20 heavy (non-hydrogen) atoms. The lowest BCUT2D eigenvalue weighted by molar-refractivity contribution is -0.126. The van der Waals surface area contributed by atoms with E-state index < -0.39 is 17.0 Å². The molecule has 2 rings (SSSR count). The average molecular weight is 347 g/mol. The third-order valence-corrected chi connectivity index (χ3v) is 4.61. The summed E-state index contributed by atoms with van der Waals surface area (Å²) < 4.78 is 27.0. The van der Waals surface area contributed by atoms with Gasteiger partial charge in [-0.25, -0.2) is 8.78 Å². The maximum absolute atomic E-state index is 13.7. The highest BCUT2D eigenvalue weighted by Crippen LogP contribution is 2.36. The van der Waals surface area contributed by atoms with Crippen molar-refractivity contribution in [2.75, 3.05) is 18.4 Å². The van der Waals surface area contributed by atoms with Crippen LogP contribution in [0.3, 0.4) is 0 Å². The summed E-state index contributed by atoms with van der Waals surface area (Å²) in [7, 11) is 0. The van der Waals surface area contributed by atoms with E-state index in [1.807, 2.05) is 13.8 Å². The molecule has 1 fully saturated rings. The zero-order chi connectivity index (χ0) is 14.9. The molecule has 0 spiro atoms. The number of benzene rings is 1. The second kappa shape index (κ2) is 5.77. The minimum atomic E-state index is -0.774. The highest BCUT2D eigenvalue weighted by atomic mass is 79.9. The third-order valence-electron chi connectivity index (χ3n) is 4.00. The van der Waals surface area contributed by atoms with Crippen LogP contribution in [-0.2, 0) is 4.79 Å². The zero-order valence-corrected chi connectivity index (χ0v) is 13.0. The first-order valence-corrected chi connectivity index (χ1v) is 7.33. The molecule has 1 aliphatic heterocycles. The van der Waals surface area contributed by atoms with Crippen molar-refractivity contribution in [3.8, 4) is 0 Å². The van der Waals surface area contributed by atoms with Gasteiger partial charge in [-0.2, -0.15) is 0 Å². The summed E-state index contributed by atoms with van der Waals surface area (Å²) >= 11 is 2.99. The van der Waals surface area contributed by atoms with Crippen LogP contribution in [0.4, 0.5) is 14.5 Å². The Hall–Kier alpha value is -1.01. The van der Waals surface area contributed by atoms with Gasteiger partial charge in [0.1, 0.15) is 11.6 Å². The van der Waals surface area contributed by atoms with Gasteiger partial charge in [0.2, 0.25) is 5.91 Å². The number of rotatable bonds is 3. The fourth-order valence-corrected chi connectivity index (χ4v) is 2.87. The monoisotopic (exact) mass is 346 g/mol. The van der Waals surface area contributed by atoms with E-state index in [1.165, 1.54) is 6.07 Å². The van der Waals surface area contributed by atoms with Gasteiger partial charge in [-0.3, -0.25) is 4.79 Å². The molecule has 1 unspecified atom stereocenters. The maximum Gasteiger partial charge on any atom is 0.232 e. The molecule has 0 saturated carbocycles. The van der Waals surface area contributed by atoms with Crippen LogP contribution in [0.1, 0.15) is 20.3 Å². The second-order valence-corrected chi connectivity index (χ2v) is 6.29. The van der Waals surface area contributed by atoms with Gasteiger partial charge in [0.25, 0.3) is 0 Å². The summed E-state index contributed by atoms with van der Waals surface area (Å²) in [6.07, 6.45) is 0.709. The van der Waals surface area contributed by atoms with Crippen LogP contribution < -0.4 is 10.6 Å². The number of halogens is 3. The van der Waals surface area contributed by atoms with Gasteiger partial charge in [0, 0.05) is 12.6 Å². The smallest absolute Gasteiger partial charge is 0.232 e. The van der Waals surface area contributed by atoms with Gasteiger partial charge in [-0.1, -0.05) is 13.8 Å². The summed E-state index contributed by atoms with van der Waals surface area (Å²) in [4.78, 5) is 12.5. The minimum absolute atomic E-state index is 0.00444.